The lowest BCUT2D eigenvalue weighted by atomic mass is 10.3. The molecule has 2 aromatic heterocycles. The summed E-state index contributed by atoms with van der Waals surface area (Å²) in [7, 11) is 0. The van der Waals surface area contributed by atoms with Crippen LogP contribution in [0, 0.1) is 0 Å². The Morgan fingerprint density at radius 3 is 3.06 bits per heavy atom. The lowest BCUT2D eigenvalue weighted by molar-refractivity contribution is 0.637. The summed E-state index contributed by atoms with van der Waals surface area (Å²) in [4.78, 5) is 0. The van der Waals surface area contributed by atoms with E-state index in [1.54, 1.807) is 17.5 Å². The van der Waals surface area contributed by atoms with E-state index in [9.17, 15) is 0 Å². The van der Waals surface area contributed by atoms with Crippen molar-refractivity contribution in [3.8, 4) is 10.7 Å². The molecule has 7 heteroatoms. The number of hydrogen-bond acceptors (Lipinski definition) is 6. The summed E-state index contributed by atoms with van der Waals surface area (Å²) >= 11 is 1.58. The summed E-state index contributed by atoms with van der Waals surface area (Å²) in [6.45, 7) is 4.29. The van der Waals surface area contributed by atoms with Gasteiger partial charge in [-0.3, -0.25) is 0 Å². The van der Waals surface area contributed by atoms with E-state index in [1.165, 1.54) is 6.42 Å². The van der Waals surface area contributed by atoms with Crippen LogP contribution in [0.5, 0.6) is 0 Å². The molecule has 0 atom stereocenters. The van der Waals surface area contributed by atoms with Crippen molar-refractivity contribution in [2.45, 2.75) is 26.2 Å². The first-order valence-corrected chi connectivity index (χ1v) is 6.61. The molecular weight excluding hydrogens is 236 g/mol. The van der Waals surface area contributed by atoms with Crippen LogP contribution in [-0.2, 0) is 6.42 Å². The fourth-order valence-electron chi connectivity index (χ4n) is 1.43. The molecule has 0 aliphatic heterocycles. The standard InChI is InChI=1S/C10H16N6S/c1-2-5-11-6-3-4-9-14-15-10(17-9)8-7-12-16-13-8/h7,11H,2-6H2,1H3,(H,12,13,16). The van der Waals surface area contributed by atoms with Crippen molar-refractivity contribution in [3.05, 3.63) is 11.2 Å². The quantitative estimate of drug-likeness (QED) is 0.725. The second-order valence-corrected chi connectivity index (χ2v) is 4.77. The molecule has 2 N–H and O–H groups in total. The van der Waals surface area contributed by atoms with Gasteiger partial charge in [0, 0.05) is 6.42 Å². The highest BCUT2D eigenvalue weighted by molar-refractivity contribution is 7.14. The minimum absolute atomic E-state index is 0.762. The van der Waals surface area contributed by atoms with Crippen LogP contribution >= 0.6 is 11.3 Å². The Bertz CT molecular complexity index is 424. The predicted octanol–water partition coefficient (Wildman–Crippen LogP) is 1.26. The molecule has 0 saturated carbocycles. The van der Waals surface area contributed by atoms with E-state index in [0.717, 1.165) is 41.6 Å². The Morgan fingerprint density at radius 2 is 2.29 bits per heavy atom. The Morgan fingerprint density at radius 1 is 1.35 bits per heavy atom. The van der Waals surface area contributed by atoms with Crippen molar-refractivity contribution in [1.29, 1.82) is 0 Å². The molecule has 0 spiro atoms. The van der Waals surface area contributed by atoms with Gasteiger partial charge >= 0.3 is 0 Å². The van der Waals surface area contributed by atoms with Gasteiger partial charge in [-0.05, 0) is 25.9 Å². The van der Waals surface area contributed by atoms with Gasteiger partial charge in [0.2, 0.25) is 0 Å². The topological polar surface area (TPSA) is 79.4 Å². The first-order valence-electron chi connectivity index (χ1n) is 5.79. The molecule has 0 fully saturated rings. The Kier molecular flexibility index (Phi) is 4.57. The first-order chi connectivity index (χ1) is 8.40. The molecule has 0 bridgehead atoms. The SMILES string of the molecule is CCCNCCCc1nnc(-c2cn[nH]n2)s1. The molecule has 17 heavy (non-hydrogen) atoms. The highest BCUT2D eigenvalue weighted by atomic mass is 32.1. The van der Waals surface area contributed by atoms with E-state index in [1.807, 2.05) is 0 Å². The molecule has 0 radical (unpaired) electrons. The van der Waals surface area contributed by atoms with E-state index in [0.29, 0.717) is 0 Å². The number of aromatic nitrogens is 5. The second-order valence-electron chi connectivity index (χ2n) is 3.71. The van der Waals surface area contributed by atoms with Crippen LogP contribution in [0.3, 0.4) is 0 Å². The van der Waals surface area contributed by atoms with Gasteiger partial charge in [0.05, 0.1) is 6.20 Å². The molecule has 2 heterocycles. The van der Waals surface area contributed by atoms with Gasteiger partial charge in [0.25, 0.3) is 0 Å². The van der Waals surface area contributed by atoms with Gasteiger partial charge < -0.3 is 5.32 Å². The van der Waals surface area contributed by atoms with Crippen molar-refractivity contribution in [2.24, 2.45) is 0 Å². The summed E-state index contributed by atoms with van der Waals surface area (Å²) in [5, 5.41) is 23.8. The van der Waals surface area contributed by atoms with E-state index in [4.69, 9.17) is 0 Å². The predicted molar refractivity (Wildman–Crippen MR) is 66.8 cm³/mol. The van der Waals surface area contributed by atoms with Crippen LogP contribution in [0.15, 0.2) is 6.20 Å². The van der Waals surface area contributed by atoms with Crippen LogP contribution in [0.1, 0.15) is 24.8 Å². The van der Waals surface area contributed by atoms with Crippen LogP contribution in [0.4, 0.5) is 0 Å². The normalized spacial score (nSPS) is 10.9. The maximum atomic E-state index is 4.15. The molecule has 0 saturated heterocycles. The molecule has 2 aromatic rings. The maximum Gasteiger partial charge on any atom is 0.169 e. The van der Waals surface area contributed by atoms with E-state index >= 15 is 0 Å². The molecule has 0 amide bonds. The van der Waals surface area contributed by atoms with Crippen molar-refractivity contribution >= 4 is 11.3 Å². The Labute approximate surface area is 104 Å². The van der Waals surface area contributed by atoms with E-state index < -0.39 is 0 Å². The third kappa shape index (κ3) is 3.57. The zero-order valence-electron chi connectivity index (χ0n) is 9.81. The fraction of sp³-hybridized carbons (Fsp3) is 0.600. The summed E-state index contributed by atoms with van der Waals surface area (Å²) in [6.07, 6.45) is 4.89. The Hall–Kier alpha value is -1.34. The van der Waals surface area contributed by atoms with Gasteiger partial charge in [-0.2, -0.15) is 15.4 Å². The van der Waals surface area contributed by atoms with Crippen LogP contribution < -0.4 is 5.32 Å². The number of hydrogen-bond donors (Lipinski definition) is 2. The monoisotopic (exact) mass is 252 g/mol. The van der Waals surface area contributed by atoms with Gasteiger partial charge in [-0.15, -0.1) is 10.2 Å². The summed E-state index contributed by atoms with van der Waals surface area (Å²) < 4.78 is 0. The third-order valence-electron chi connectivity index (χ3n) is 2.27. The van der Waals surface area contributed by atoms with Crippen molar-refractivity contribution in [3.63, 3.8) is 0 Å². The largest absolute Gasteiger partial charge is 0.317 e. The molecule has 6 nitrogen and oxygen atoms in total. The van der Waals surface area contributed by atoms with Crippen LogP contribution in [-0.4, -0.2) is 38.7 Å². The lowest BCUT2D eigenvalue weighted by Crippen LogP contribution is -2.16. The number of H-pyrrole nitrogens is 1. The molecular formula is C10H16N6S. The van der Waals surface area contributed by atoms with E-state index in [2.05, 4.69) is 37.8 Å². The van der Waals surface area contributed by atoms with Crippen molar-refractivity contribution in [2.75, 3.05) is 13.1 Å². The highest BCUT2D eigenvalue weighted by Crippen LogP contribution is 2.20. The average molecular weight is 252 g/mol. The summed E-state index contributed by atoms with van der Waals surface area (Å²) in [5.74, 6) is 0. The zero-order chi connectivity index (χ0) is 11.9. The fourth-order valence-corrected chi connectivity index (χ4v) is 2.26. The number of aromatic amines is 1. The number of rotatable bonds is 7. The van der Waals surface area contributed by atoms with Gasteiger partial charge in [0.1, 0.15) is 10.7 Å². The second kappa shape index (κ2) is 6.41. The van der Waals surface area contributed by atoms with Gasteiger partial charge in [-0.25, -0.2) is 0 Å². The van der Waals surface area contributed by atoms with Crippen molar-refractivity contribution in [1.82, 2.24) is 30.9 Å². The Balaban J connectivity index is 1.79. The molecule has 0 aromatic carbocycles. The van der Waals surface area contributed by atoms with Gasteiger partial charge in [-0.1, -0.05) is 18.3 Å². The minimum atomic E-state index is 0.762. The van der Waals surface area contributed by atoms with Crippen LogP contribution in [0.2, 0.25) is 0 Å². The van der Waals surface area contributed by atoms with Crippen molar-refractivity contribution < 1.29 is 0 Å². The molecule has 2 rings (SSSR count). The number of aryl methyl sites for hydroxylation is 1. The molecule has 92 valence electrons. The molecule has 0 aliphatic carbocycles. The molecule has 0 unspecified atom stereocenters. The average Bonchev–Trinajstić information content (AvgIpc) is 2.99. The van der Waals surface area contributed by atoms with E-state index in [-0.39, 0.29) is 0 Å². The summed E-state index contributed by atoms with van der Waals surface area (Å²) in [5.41, 5.74) is 0.762. The number of nitrogens with one attached hydrogen (secondary N) is 2. The van der Waals surface area contributed by atoms with Crippen LogP contribution in [0.25, 0.3) is 10.7 Å². The zero-order valence-corrected chi connectivity index (χ0v) is 10.6. The minimum Gasteiger partial charge on any atom is -0.317 e. The smallest absolute Gasteiger partial charge is 0.169 e. The summed E-state index contributed by atoms with van der Waals surface area (Å²) in [6, 6.07) is 0. The third-order valence-corrected chi connectivity index (χ3v) is 3.28. The lowest BCUT2D eigenvalue weighted by Gasteiger charge is -1.99. The maximum absolute atomic E-state index is 4.15. The first kappa shape index (κ1) is 12.1. The van der Waals surface area contributed by atoms with Gasteiger partial charge in [0.15, 0.2) is 5.01 Å². The molecule has 0 aliphatic rings. The number of nitrogens with zero attached hydrogens (tertiary/aromatic N) is 4. The highest BCUT2D eigenvalue weighted by Gasteiger charge is 2.08.